The maximum absolute atomic E-state index is 12.7. The van der Waals surface area contributed by atoms with E-state index in [2.05, 4.69) is 28.8 Å². The molecule has 1 aromatic rings. The Hall–Kier alpha value is -1.14. The number of ether oxygens (including phenoxy) is 1. The smallest absolute Gasteiger partial charge is 0.309 e. The number of hydrogen-bond acceptors (Lipinski definition) is 5. The van der Waals surface area contributed by atoms with Gasteiger partial charge in [-0.3, -0.25) is 9.59 Å². The first kappa shape index (κ1) is 20.1. The lowest BCUT2D eigenvalue weighted by Crippen LogP contribution is -2.48. The lowest BCUT2D eigenvalue weighted by atomic mass is 9.67. The van der Waals surface area contributed by atoms with Crippen LogP contribution in [-0.4, -0.2) is 34.1 Å². The fourth-order valence-corrected chi connectivity index (χ4v) is 9.01. The van der Waals surface area contributed by atoms with Gasteiger partial charge in [0.2, 0.25) is 0 Å². The molecule has 1 aliphatic heterocycles. The predicted octanol–water partition coefficient (Wildman–Crippen LogP) is 4.79. The van der Waals surface area contributed by atoms with Crippen molar-refractivity contribution < 1.29 is 14.3 Å². The Balaban J connectivity index is 1.30. The van der Waals surface area contributed by atoms with Gasteiger partial charge in [0.05, 0.1) is 10.00 Å². The van der Waals surface area contributed by atoms with Crippen molar-refractivity contribution in [2.24, 2.45) is 17.8 Å². The van der Waals surface area contributed by atoms with Gasteiger partial charge in [-0.25, -0.2) is 0 Å². The number of thioether (sulfide) groups is 2. The minimum absolute atomic E-state index is 0.0443. The molecule has 0 radical (unpaired) electrons. The number of hydrogen-bond donors (Lipinski definition) is 1. The van der Waals surface area contributed by atoms with Crippen LogP contribution in [0.4, 0.5) is 5.69 Å². The SMILES string of the molecule is Cc1ccc(NC(=O)COC(=O)C2C[C@H]3CCC[C@@H](C2)C32SCCS2)cc1C. The summed E-state index contributed by atoms with van der Waals surface area (Å²) in [4.78, 5) is 24.9. The fraction of sp³-hybridized carbons (Fsp3) is 0.636. The molecule has 28 heavy (non-hydrogen) atoms. The van der Waals surface area contributed by atoms with Crippen molar-refractivity contribution in [1.29, 1.82) is 0 Å². The Morgan fingerprint density at radius 3 is 2.43 bits per heavy atom. The quantitative estimate of drug-likeness (QED) is 0.711. The van der Waals surface area contributed by atoms with Crippen molar-refractivity contribution >= 4 is 41.1 Å². The number of amides is 1. The molecule has 2 aliphatic carbocycles. The number of aryl methyl sites for hydroxylation is 2. The topological polar surface area (TPSA) is 55.4 Å². The number of carbonyl (C=O) groups is 2. The highest BCUT2D eigenvalue weighted by Gasteiger charge is 2.55. The summed E-state index contributed by atoms with van der Waals surface area (Å²) >= 11 is 4.28. The fourth-order valence-electron chi connectivity index (χ4n) is 5.07. The first-order valence-corrected chi connectivity index (χ1v) is 12.3. The van der Waals surface area contributed by atoms with E-state index >= 15 is 0 Å². The summed E-state index contributed by atoms with van der Waals surface area (Å²) in [7, 11) is 0. The lowest BCUT2D eigenvalue weighted by Gasteiger charge is -2.51. The molecule has 2 bridgehead atoms. The average Bonchev–Trinajstić information content (AvgIpc) is 3.12. The van der Waals surface area contributed by atoms with Gasteiger partial charge in [0.25, 0.3) is 5.91 Å². The van der Waals surface area contributed by atoms with Gasteiger partial charge in [-0.1, -0.05) is 12.5 Å². The number of benzene rings is 1. The molecular weight excluding hydrogens is 390 g/mol. The third-order valence-electron chi connectivity index (χ3n) is 6.59. The number of carbonyl (C=O) groups excluding carboxylic acids is 2. The van der Waals surface area contributed by atoms with Gasteiger partial charge in [-0.2, -0.15) is 0 Å². The van der Waals surface area contributed by atoms with Crippen LogP contribution in [0, 0.1) is 31.6 Å². The zero-order valence-electron chi connectivity index (χ0n) is 16.7. The Morgan fingerprint density at radius 2 is 1.79 bits per heavy atom. The highest BCUT2D eigenvalue weighted by atomic mass is 32.2. The molecule has 3 atom stereocenters. The van der Waals surface area contributed by atoms with E-state index in [-0.39, 0.29) is 24.4 Å². The van der Waals surface area contributed by atoms with Crippen molar-refractivity contribution in [2.45, 2.75) is 50.0 Å². The monoisotopic (exact) mass is 419 g/mol. The van der Waals surface area contributed by atoms with Gasteiger partial charge in [0.1, 0.15) is 0 Å². The third-order valence-corrected chi connectivity index (χ3v) is 10.6. The molecule has 0 aromatic heterocycles. The minimum atomic E-state index is -0.272. The molecule has 3 aliphatic rings. The van der Waals surface area contributed by atoms with Gasteiger partial charge < -0.3 is 10.1 Å². The van der Waals surface area contributed by atoms with E-state index in [9.17, 15) is 9.59 Å². The summed E-state index contributed by atoms with van der Waals surface area (Å²) in [6.07, 6.45) is 5.60. The average molecular weight is 420 g/mol. The van der Waals surface area contributed by atoms with Crippen molar-refractivity contribution in [3.8, 4) is 0 Å². The van der Waals surface area contributed by atoms with Crippen molar-refractivity contribution in [2.75, 3.05) is 23.4 Å². The zero-order chi connectivity index (χ0) is 19.7. The van der Waals surface area contributed by atoms with Crippen LogP contribution >= 0.6 is 23.5 Å². The van der Waals surface area contributed by atoms with Crippen LogP contribution in [0.25, 0.3) is 0 Å². The maximum atomic E-state index is 12.7. The Kier molecular flexibility index (Phi) is 5.98. The molecule has 1 heterocycles. The molecule has 1 amide bonds. The summed E-state index contributed by atoms with van der Waals surface area (Å²) in [5.41, 5.74) is 3.05. The van der Waals surface area contributed by atoms with Crippen LogP contribution < -0.4 is 5.32 Å². The molecule has 2 saturated carbocycles. The van der Waals surface area contributed by atoms with Crippen molar-refractivity contribution in [1.82, 2.24) is 0 Å². The summed E-state index contributed by atoms with van der Waals surface area (Å²) in [6.45, 7) is 3.85. The van der Waals surface area contributed by atoms with E-state index in [4.69, 9.17) is 4.74 Å². The van der Waals surface area contributed by atoms with Crippen LogP contribution in [0.5, 0.6) is 0 Å². The van der Waals surface area contributed by atoms with E-state index < -0.39 is 0 Å². The standard InChI is InChI=1S/C22H29NO3S2/c1-14-6-7-19(10-15(14)2)23-20(24)13-26-21(25)16-11-17-4-3-5-18(12-16)22(17)27-8-9-28-22/h6-7,10,16-18H,3-5,8-9,11-13H2,1-2H3,(H,23,24)/t16?,17-,18+. The second-order valence-corrected chi connectivity index (χ2v) is 11.4. The molecule has 1 aromatic carbocycles. The molecule has 1 N–H and O–H groups in total. The normalized spacial score (nSPS) is 28.1. The second kappa shape index (κ2) is 8.31. The molecule has 6 heteroatoms. The molecule has 4 nitrogen and oxygen atoms in total. The van der Waals surface area contributed by atoms with Crippen molar-refractivity contribution in [3.63, 3.8) is 0 Å². The molecule has 1 spiro atoms. The van der Waals surface area contributed by atoms with Crippen LogP contribution in [-0.2, 0) is 14.3 Å². The number of nitrogens with one attached hydrogen (secondary N) is 1. The Morgan fingerprint density at radius 1 is 1.11 bits per heavy atom. The van der Waals surface area contributed by atoms with E-state index in [0.29, 0.717) is 15.9 Å². The predicted molar refractivity (Wildman–Crippen MR) is 117 cm³/mol. The van der Waals surface area contributed by atoms with Gasteiger partial charge in [0.15, 0.2) is 6.61 Å². The number of esters is 1. The number of anilines is 1. The molecular formula is C22H29NO3S2. The summed E-state index contributed by atoms with van der Waals surface area (Å²) in [5.74, 6) is 3.20. The van der Waals surface area contributed by atoms with Crippen LogP contribution in [0.2, 0.25) is 0 Å². The van der Waals surface area contributed by atoms with Gasteiger partial charge in [-0.15, -0.1) is 23.5 Å². The van der Waals surface area contributed by atoms with Crippen molar-refractivity contribution in [3.05, 3.63) is 29.3 Å². The molecule has 1 saturated heterocycles. The first-order valence-electron chi connectivity index (χ1n) is 10.3. The van der Waals surface area contributed by atoms with Gasteiger partial charge in [0, 0.05) is 17.2 Å². The second-order valence-electron chi connectivity index (χ2n) is 8.37. The van der Waals surface area contributed by atoms with E-state index in [1.165, 1.54) is 36.3 Å². The van der Waals surface area contributed by atoms with Gasteiger partial charge >= 0.3 is 5.97 Å². The minimum Gasteiger partial charge on any atom is -0.455 e. The third kappa shape index (κ3) is 3.95. The van der Waals surface area contributed by atoms with Gasteiger partial charge in [-0.05, 0) is 74.6 Å². The first-order chi connectivity index (χ1) is 13.5. The highest BCUT2D eigenvalue weighted by molar-refractivity contribution is 8.21. The largest absolute Gasteiger partial charge is 0.455 e. The summed E-state index contributed by atoms with van der Waals surface area (Å²) < 4.78 is 5.78. The zero-order valence-corrected chi connectivity index (χ0v) is 18.3. The lowest BCUT2D eigenvalue weighted by molar-refractivity contribution is -0.154. The van der Waals surface area contributed by atoms with Crippen LogP contribution in [0.3, 0.4) is 0 Å². The van der Waals surface area contributed by atoms with Crippen LogP contribution in [0.15, 0.2) is 18.2 Å². The summed E-state index contributed by atoms with van der Waals surface area (Å²) in [6, 6.07) is 5.79. The molecule has 1 unspecified atom stereocenters. The summed E-state index contributed by atoms with van der Waals surface area (Å²) in [5, 5.41) is 2.82. The van der Waals surface area contributed by atoms with E-state index in [1.54, 1.807) is 0 Å². The maximum Gasteiger partial charge on any atom is 0.309 e. The molecule has 4 rings (SSSR count). The molecule has 152 valence electrons. The Labute approximate surface area is 175 Å². The van der Waals surface area contributed by atoms with Crippen LogP contribution in [0.1, 0.15) is 43.2 Å². The van der Waals surface area contributed by atoms with E-state index in [0.717, 1.165) is 24.1 Å². The van der Waals surface area contributed by atoms with E-state index in [1.807, 2.05) is 32.0 Å². The Bertz CT molecular complexity index is 744. The highest BCUT2D eigenvalue weighted by Crippen LogP contribution is 2.64. The number of rotatable bonds is 4. The molecule has 3 fully saturated rings.